The molecule has 0 saturated heterocycles. The maximum absolute atomic E-state index is 12.7. The van der Waals surface area contributed by atoms with Crippen LogP contribution in [0.1, 0.15) is 12.0 Å². The summed E-state index contributed by atoms with van der Waals surface area (Å²) in [5.74, 6) is 0. The zero-order valence-corrected chi connectivity index (χ0v) is 13.0. The monoisotopic (exact) mass is 345 g/mol. The predicted molar refractivity (Wildman–Crippen MR) is 72.8 cm³/mol. The summed E-state index contributed by atoms with van der Waals surface area (Å²) in [6, 6.07) is 2.22. The molecule has 0 spiro atoms. The SMILES string of the molecule is COCCCN(C)S(=O)(=O)c1cc(C(F)(F)F)ccc1Cl. The predicted octanol–water partition coefficient (Wildman–Crippen LogP) is 3.02. The van der Waals surface area contributed by atoms with Gasteiger partial charge in [-0.3, -0.25) is 0 Å². The zero-order chi connectivity index (χ0) is 16.3. The van der Waals surface area contributed by atoms with Crippen molar-refractivity contribution in [3.8, 4) is 0 Å². The minimum absolute atomic E-state index is 0.114. The van der Waals surface area contributed by atoms with Gasteiger partial charge in [-0.25, -0.2) is 12.7 Å². The molecule has 21 heavy (non-hydrogen) atoms. The van der Waals surface area contributed by atoms with Crippen LogP contribution < -0.4 is 0 Å². The molecule has 0 aromatic heterocycles. The fraction of sp³-hybridized carbons (Fsp3) is 0.500. The van der Waals surface area contributed by atoms with Crippen LogP contribution in [0, 0.1) is 0 Å². The second-order valence-corrected chi connectivity index (χ2v) is 6.74. The Balaban J connectivity index is 3.13. The topological polar surface area (TPSA) is 46.6 Å². The lowest BCUT2D eigenvalue weighted by Gasteiger charge is -2.18. The van der Waals surface area contributed by atoms with E-state index in [1.807, 2.05) is 0 Å². The van der Waals surface area contributed by atoms with Crippen molar-refractivity contribution in [2.75, 3.05) is 27.3 Å². The summed E-state index contributed by atoms with van der Waals surface area (Å²) in [6.07, 6.45) is -4.22. The van der Waals surface area contributed by atoms with Crippen molar-refractivity contribution >= 4 is 21.6 Å². The van der Waals surface area contributed by atoms with Crippen LogP contribution in [0.2, 0.25) is 5.02 Å². The number of methoxy groups -OCH3 is 1. The number of ether oxygens (including phenoxy) is 1. The summed E-state index contributed by atoms with van der Waals surface area (Å²) in [6.45, 7) is 0.457. The van der Waals surface area contributed by atoms with Gasteiger partial charge in [-0.05, 0) is 24.6 Å². The maximum atomic E-state index is 12.7. The van der Waals surface area contributed by atoms with E-state index in [-0.39, 0.29) is 11.6 Å². The highest BCUT2D eigenvalue weighted by atomic mass is 35.5. The second-order valence-electron chi connectivity index (χ2n) is 4.32. The third-order valence-corrected chi connectivity index (χ3v) is 5.11. The Kier molecular flexibility index (Phi) is 6.03. The first-order valence-electron chi connectivity index (χ1n) is 5.92. The average molecular weight is 346 g/mol. The van der Waals surface area contributed by atoms with Crippen LogP contribution in [0.15, 0.2) is 23.1 Å². The van der Waals surface area contributed by atoms with E-state index in [0.717, 1.165) is 16.4 Å². The van der Waals surface area contributed by atoms with Gasteiger partial charge in [0.1, 0.15) is 4.90 Å². The van der Waals surface area contributed by atoms with Crippen LogP contribution in [0.5, 0.6) is 0 Å². The highest BCUT2D eigenvalue weighted by Crippen LogP contribution is 2.34. The molecule has 0 radical (unpaired) electrons. The van der Waals surface area contributed by atoms with Crippen LogP contribution in [0.4, 0.5) is 13.2 Å². The van der Waals surface area contributed by atoms with Gasteiger partial charge in [0.15, 0.2) is 0 Å². The molecule has 0 N–H and O–H groups in total. The summed E-state index contributed by atoms with van der Waals surface area (Å²) < 4.78 is 68.3. The van der Waals surface area contributed by atoms with E-state index < -0.39 is 26.7 Å². The minimum Gasteiger partial charge on any atom is -0.385 e. The van der Waals surface area contributed by atoms with Crippen LogP contribution >= 0.6 is 11.6 Å². The standard InChI is InChI=1S/C12H15ClF3NO3S/c1-17(6-3-7-20-2)21(18,19)11-8-9(12(14,15)16)4-5-10(11)13/h4-5,8H,3,6-7H2,1-2H3. The van der Waals surface area contributed by atoms with E-state index in [1.165, 1.54) is 14.2 Å². The Bertz CT molecular complexity index is 590. The molecule has 0 saturated carbocycles. The lowest BCUT2D eigenvalue weighted by Crippen LogP contribution is -2.29. The van der Waals surface area contributed by atoms with Gasteiger partial charge >= 0.3 is 6.18 Å². The van der Waals surface area contributed by atoms with Gasteiger partial charge in [0, 0.05) is 27.3 Å². The molecule has 4 nitrogen and oxygen atoms in total. The smallest absolute Gasteiger partial charge is 0.385 e. The highest BCUT2D eigenvalue weighted by Gasteiger charge is 2.33. The molecule has 120 valence electrons. The zero-order valence-electron chi connectivity index (χ0n) is 11.4. The third kappa shape index (κ3) is 4.57. The lowest BCUT2D eigenvalue weighted by molar-refractivity contribution is -0.137. The molecule has 0 heterocycles. The average Bonchev–Trinajstić information content (AvgIpc) is 2.37. The summed E-state index contributed by atoms with van der Waals surface area (Å²) in [5.41, 5.74) is -1.06. The number of hydrogen-bond donors (Lipinski definition) is 0. The third-order valence-electron chi connectivity index (χ3n) is 2.77. The van der Waals surface area contributed by atoms with Crippen molar-refractivity contribution < 1.29 is 26.3 Å². The summed E-state index contributed by atoms with van der Waals surface area (Å²) in [5, 5.41) is -0.249. The van der Waals surface area contributed by atoms with E-state index in [1.54, 1.807) is 0 Å². The molecule has 9 heteroatoms. The van der Waals surface area contributed by atoms with Gasteiger partial charge in [-0.1, -0.05) is 11.6 Å². The van der Waals surface area contributed by atoms with E-state index in [0.29, 0.717) is 19.1 Å². The molecule has 0 fully saturated rings. The van der Waals surface area contributed by atoms with Gasteiger partial charge in [0.05, 0.1) is 10.6 Å². The lowest BCUT2D eigenvalue weighted by atomic mass is 10.2. The molecular weight excluding hydrogens is 331 g/mol. The Hall–Kier alpha value is -0.830. The first kappa shape index (κ1) is 18.2. The van der Waals surface area contributed by atoms with Crippen molar-refractivity contribution in [1.29, 1.82) is 0 Å². The molecular formula is C12H15ClF3NO3S. The number of rotatable bonds is 6. The van der Waals surface area contributed by atoms with Gasteiger partial charge in [-0.15, -0.1) is 0 Å². The van der Waals surface area contributed by atoms with Crippen LogP contribution in [-0.4, -0.2) is 40.0 Å². The fourth-order valence-corrected chi connectivity index (χ4v) is 3.30. The number of benzene rings is 1. The molecule has 1 aromatic rings. The van der Waals surface area contributed by atoms with Gasteiger partial charge in [0.2, 0.25) is 10.0 Å². The van der Waals surface area contributed by atoms with Crippen LogP contribution in [-0.2, 0) is 20.9 Å². The largest absolute Gasteiger partial charge is 0.416 e. The number of hydrogen-bond acceptors (Lipinski definition) is 3. The number of halogens is 4. The normalized spacial score (nSPS) is 12.9. The maximum Gasteiger partial charge on any atom is 0.416 e. The Morgan fingerprint density at radius 2 is 1.95 bits per heavy atom. The molecule has 0 unspecified atom stereocenters. The number of sulfonamides is 1. The molecule has 0 aliphatic rings. The fourth-order valence-electron chi connectivity index (χ4n) is 1.60. The van der Waals surface area contributed by atoms with Gasteiger partial charge in [-0.2, -0.15) is 13.2 Å². The quantitative estimate of drug-likeness (QED) is 0.745. The number of alkyl halides is 3. The van der Waals surface area contributed by atoms with E-state index in [9.17, 15) is 21.6 Å². The molecule has 0 atom stereocenters. The van der Waals surface area contributed by atoms with Crippen molar-refractivity contribution in [3.05, 3.63) is 28.8 Å². The summed E-state index contributed by atoms with van der Waals surface area (Å²) >= 11 is 5.74. The van der Waals surface area contributed by atoms with Gasteiger partial charge in [0.25, 0.3) is 0 Å². The Morgan fingerprint density at radius 1 is 1.33 bits per heavy atom. The van der Waals surface area contributed by atoms with Crippen LogP contribution in [0.25, 0.3) is 0 Å². The van der Waals surface area contributed by atoms with Crippen molar-refractivity contribution in [2.24, 2.45) is 0 Å². The molecule has 0 aliphatic carbocycles. The summed E-state index contributed by atoms with van der Waals surface area (Å²) in [7, 11) is -1.34. The van der Waals surface area contributed by atoms with Gasteiger partial charge < -0.3 is 4.74 Å². The molecule has 1 aromatic carbocycles. The number of nitrogens with zero attached hydrogens (tertiary/aromatic N) is 1. The summed E-state index contributed by atoms with van der Waals surface area (Å²) in [4.78, 5) is -0.557. The molecule has 0 bridgehead atoms. The molecule has 1 rings (SSSR count). The van der Waals surface area contributed by atoms with Crippen molar-refractivity contribution in [1.82, 2.24) is 4.31 Å². The highest BCUT2D eigenvalue weighted by molar-refractivity contribution is 7.89. The van der Waals surface area contributed by atoms with Crippen molar-refractivity contribution in [2.45, 2.75) is 17.5 Å². The molecule has 0 aliphatic heterocycles. The minimum atomic E-state index is -4.64. The van der Waals surface area contributed by atoms with E-state index in [2.05, 4.69) is 0 Å². The Morgan fingerprint density at radius 3 is 2.48 bits per heavy atom. The van der Waals surface area contributed by atoms with E-state index >= 15 is 0 Å². The first-order chi connectivity index (χ1) is 9.60. The van der Waals surface area contributed by atoms with Crippen LogP contribution in [0.3, 0.4) is 0 Å². The second kappa shape index (κ2) is 6.95. The Labute approximate surface area is 126 Å². The molecule has 0 amide bonds. The van der Waals surface area contributed by atoms with Crippen molar-refractivity contribution in [3.63, 3.8) is 0 Å². The first-order valence-corrected chi connectivity index (χ1v) is 7.74. The van der Waals surface area contributed by atoms with E-state index in [4.69, 9.17) is 16.3 Å².